The van der Waals surface area contributed by atoms with Gasteiger partial charge in [0, 0.05) is 58.3 Å². The largest absolute Gasteiger partial charge is 0.354 e. The molecule has 32 heavy (non-hydrogen) atoms. The first-order chi connectivity index (χ1) is 15.2. The maximum absolute atomic E-state index is 12.5. The van der Waals surface area contributed by atoms with E-state index in [0.717, 1.165) is 76.9 Å². The maximum Gasteiger partial charge on any atom is 0.236 e. The summed E-state index contributed by atoms with van der Waals surface area (Å²) in [6.07, 6.45) is 10.1. The van der Waals surface area contributed by atoms with Crippen LogP contribution in [0.2, 0.25) is 0 Å². The van der Waals surface area contributed by atoms with Gasteiger partial charge in [-0.3, -0.25) is 14.7 Å². The van der Waals surface area contributed by atoms with Gasteiger partial charge in [-0.05, 0) is 25.7 Å². The molecule has 3 fully saturated rings. The second-order valence-electron chi connectivity index (χ2n) is 8.98. The van der Waals surface area contributed by atoms with Gasteiger partial charge in [0.25, 0.3) is 0 Å². The average Bonchev–Trinajstić information content (AvgIpc) is 3.56. The van der Waals surface area contributed by atoms with Crippen LogP contribution in [-0.4, -0.2) is 99.7 Å². The number of piperazine rings is 1. The average molecular weight is 559 g/mol. The molecule has 3 heterocycles. The van der Waals surface area contributed by atoms with Gasteiger partial charge in [-0.25, -0.2) is 0 Å². The Labute approximate surface area is 209 Å². The third-order valence-corrected chi connectivity index (χ3v) is 6.79. The number of likely N-dealkylation sites (tertiary alicyclic amines) is 1. The second kappa shape index (κ2) is 12.7. The van der Waals surface area contributed by atoms with Gasteiger partial charge < -0.3 is 19.7 Å². The number of nitrogens with zero attached hydrogens (tertiary/aromatic N) is 7. The molecule has 1 aliphatic carbocycles. The van der Waals surface area contributed by atoms with Crippen molar-refractivity contribution >= 4 is 35.8 Å². The van der Waals surface area contributed by atoms with Gasteiger partial charge in [0.15, 0.2) is 5.96 Å². The molecule has 3 aliphatic rings. The molecule has 0 spiro atoms. The number of aryl methyl sites for hydroxylation is 1. The molecular weight excluding hydrogens is 519 g/mol. The summed E-state index contributed by atoms with van der Waals surface area (Å²) in [5.41, 5.74) is 0. The molecule has 1 saturated carbocycles. The summed E-state index contributed by atoms with van der Waals surface area (Å²) in [5.74, 6) is 2.34. The Kier molecular flexibility index (Phi) is 10.0. The predicted octanol–water partition coefficient (Wildman–Crippen LogP) is 1.59. The Hall–Kier alpha value is -1.43. The SMILES string of the molecule is CCc1nncn1CCN=C(NC1CCCC1)N1CCN(CC(=O)N2CCCC2)CC1.I. The lowest BCUT2D eigenvalue weighted by Gasteiger charge is -2.37. The molecule has 2 saturated heterocycles. The van der Waals surface area contributed by atoms with Crippen molar-refractivity contribution in [2.24, 2.45) is 4.99 Å². The molecular formula is C22H39IN8O. The zero-order chi connectivity index (χ0) is 21.5. The van der Waals surface area contributed by atoms with E-state index in [1.165, 1.54) is 25.7 Å². The van der Waals surface area contributed by atoms with Crippen molar-refractivity contribution in [1.82, 2.24) is 34.8 Å². The van der Waals surface area contributed by atoms with Crippen molar-refractivity contribution in [3.05, 3.63) is 12.2 Å². The van der Waals surface area contributed by atoms with Crippen LogP contribution in [0.5, 0.6) is 0 Å². The zero-order valence-electron chi connectivity index (χ0n) is 19.4. The Balaban J connectivity index is 0.00000289. The smallest absolute Gasteiger partial charge is 0.236 e. The Bertz CT molecular complexity index is 734. The molecule has 0 bridgehead atoms. The van der Waals surface area contributed by atoms with Gasteiger partial charge in [0.2, 0.25) is 5.91 Å². The molecule has 10 heteroatoms. The zero-order valence-corrected chi connectivity index (χ0v) is 21.7. The van der Waals surface area contributed by atoms with Gasteiger partial charge in [-0.1, -0.05) is 19.8 Å². The van der Waals surface area contributed by atoms with Crippen molar-refractivity contribution < 1.29 is 4.79 Å². The Morgan fingerprint density at radius 1 is 1.06 bits per heavy atom. The number of hydrogen-bond acceptors (Lipinski definition) is 5. The Morgan fingerprint density at radius 2 is 1.78 bits per heavy atom. The molecule has 1 amide bonds. The minimum atomic E-state index is 0. The van der Waals surface area contributed by atoms with Crippen LogP contribution in [0, 0.1) is 0 Å². The quantitative estimate of drug-likeness (QED) is 0.311. The first-order valence-corrected chi connectivity index (χ1v) is 12.2. The van der Waals surface area contributed by atoms with E-state index in [1.807, 2.05) is 4.90 Å². The molecule has 9 nitrogen and oxygen atoms in total. The molecule has 0 unspecified atom stereocenters. The highest BCUT2D eigenvalue weighted by Crippen LogP contribution is 2.18. The topological polar surface area (TPSA) is 81.9 Å². The van der Waals surface area contributed by atoms with Gasteiger partial charge in [0.05, 0.1) is 13.1 Å². The molecule has 4 rings (SSSR count). The first-order valence-electron chi connectivity index (χ1n) is 12.2. The van der Waals surface area contributed by atoms with E-state index in [2.05, 4.69) is 36.8 Å². The number of aliphatic imine (C=N–C) groups is 1. The normalized spacial score (nSPS) is 20.6. The summed E-state index contributed by atoms with van der Waals surface area (Å²) >= 11 is 0. The molecule has 1 N–H and O–H groups in total. The summed E-state index contributed by atoms with van der Waals surface area (Å²) in [4.78, 5) is 24.2. The number of amides is 1. The fraction of sp³-hybridized carbons (Fsp3) is 0.818. The van der Waals surface area contributed by atoms with E-state index in [1.54, 1.807) is 6.33 Å². The van der Waals surface area contributed by atoms with Crippen LogP contribution in [0.1, 0.15) is 51.3 Å². The van der Waals surface area contributed by atoms with E-state index in [0.29, 0.717) is 25.0 Å². The number of nitrogens with one attached hydrogen (secondary N) is 1. The van der Waals surface area contributed by atoms with Gasteiger partial charge in [-0.2, -0.15) is 0 Å². The van der Waals surface area contributed by atoms with Crippen LogP contribution >= 0.6 is 24.0 Å². The highest BCUT2D eigenvalue weighted by Gasteiger charge is 2.26. The number of carbonyl (C=O) groups is 1. The van der Waals surface area contributed by atoms with Crippen LogP contribution in [0.4, 0.5) is 0 Å². The maximum atomic E-state index is 12.5. The van der Waals surface area contributed by atoms with E-state index >= 15 is 0 Å². The van der Waals surface area contributed by atoms with E-state index in [-0.39, 0.29) is 24.0 Å². The third kappa shape index (κ3) is 6.79. The number of halogens is 1. The summed E-state index contributed by atoms with van der Waals surface area (Å²) < 4.78 is 2.10. The first kappa shape index (κ1) is 25.2. The van der Waals surface area contributed by atoms with Crippen molar-refractivity contribution in [2.45, 2.75) is 64.5 Å². The number of aromatic nitrogens is 3. The van der Waals surface area contributed by atoms with Gasteiger partial charge in [-0.15, -0.1) is 34.2 Å². The van der Waals surface area contributed by atoms with Crippen molar-refractivity contribution in [3.8, 4) is 0 Å². The number of carbonyl (C=O) groups excluding carboxylic acids is 1. The molecule has 180 valence electrons. The van der Waals surface area contributed by atoms with Crippen LogP contribution in [0.3, 0.4) is 0 Å². The van der Waals surface area contributed by atoms with Crippen molar-refractivity contribution in [3.63, 3.8) is 0 Å². The fourth-order valence-electron chi connectivity index (χ4n) is 4.87. The van der Waals surface area contributed by atoms with Crippen LogP contribution in [0.25, 0.3) is 0 Å². The minimum Gasteiger partial charge on any atom is -0.354 e. The third-order valence-electron chi connectivity index (χ3n) is 6.79. The summed E-state index contributed by atoms with van der Waals surface area (Å²) in [7, 11) is 0. The number of rotatable bonds is 7. The predicted molar refractivity (Wildman–Crippen MR) is 136 cm³/mol. The highest BCUT2D eigenvalue weighted by atomic mass is 127. The molecule has 0 aromatic carbocycles. The lowest BCUT2D eigenvalue weighted by molar-refractivity contribution is -0.131. The second-order valence-corrected chi connectivity index (χ2v) is 8.98. The standard InChI is InChI=1S/C22H38N8O.HI/c1-2-20-26-24-18-30(20)12-9-23-22(25-19-7-3-4-8-19)29-15-13-27(14-16-29)17-21(31)28-10-5-6-11-28;/h18-19H,2-17H2,1H3,(H,23,25);1H. The van der Waals surface area contributed by atoms with Crippen molar-refractivity contribution in [2.75, 3.05) is 52.4 Å². The molecule has 1 aromatic rings. The van der Waals surface area contributed by atoms with Gasteiger partial charge in [0.1, 0.15) is 12.2 Å². The summed E-state index contributed by atoms with van der Waals surface area (Å²) in [6.45, 7) is 9.71. The lowest BCUT2D eigenvalue weighted by atomic mass is 10.2. The lowest BCUT2D eigenvalue weighted by Crippen LogP contribution is -2.55. The number of guanidine groups is 1. The van der Waals surface area contributed by atoms with Crippen LogP contribution in [-0.2, 0) is 17.8 Å². The van der Waals surface area contributed by atoms with E-state index in [9.17, 15) is 4.79 Å². The Morgan fingerprint density at radius 3 is 2.47 bits per heavy atom. The minimum absolute atomic E-state index is 0. The molecule has 2 aliphatic heterocycles. The summed E-state index contributed by atoms with van der Waals surface area (Å²) in [6, 6.07) is 0.537. The highest BCUT2D eigenvalue weighted by molar-refractivity contribution is 14.0. The monoisotopic (exact) mass is 558 g/mol. The molecule has 0 radical (unpaired) electrons. The van der Waals surface area contributed by atoms with Crippen LogP contribution in [0.15, 0.2) is 11.3 Å². The van der Waals surface area contributed by atoms with Gasteiger partial charge >= 0.3 is 0 Å². The number of hydrogen-bond donors (Lipinski definition) is 1. The fourth-order valence-corrected chi connectivity index (χ4v) is 4.87. The summed E-state index contributed by atoms with van der Waals surface area (Å²) in [5, 5.41) is 11.9. The molecule has 1 aromatic heterocycles. The molecule has 0 atom stereocenters. The van der Waals surface area contributed by atoms with E-state index in [4.69, 9.17) is 4.99 Å². The van der Waals surface area contributed by atoms with E-state index < -0.39 is 0 Å². The van der Waals surface area contributed by atoms with Crippen molar-refractivity contribution in [1.29, 1.82) is 0 Å². The van der Waals surface area contributed by atoms with Crippen LogP contribution < -0.4 is 5.32 Å².